The summed E-state index contributed by atoms with van der Waals surface area (Å²) in [5.41, 5.74) is 1.81. The number of Topliss-reactive ketones (excluding diaryl/α,β-unsaturated/α-hetero) is 1. The van der Waals surface area contributed by atoms with Crippen molar-refractivity contribution in [1.29, 1.82) is 0 Å². The van der Waals surface area contributed by atoms with Crippen LogP contribution in [0.25, 0.3) is 0 Å². The van der Waals surface area contributed by atoms with E-state index in [-0.39, 0.29) is 5.78 Å². The first-order valence-corrected chi connectivity index (χ1v) is 7.08. The fraction of sp³-hybridized carbons (Fsp3) is 0.333. The minimum Gasteiger partial charge on any atom is -0.363 e. The molecule has 104 valence electrons. The van der Waals surface area contributed by atoms with E-state index < -0.39 is 0 Å². The molecule has 0 spiro atoms. The molecule has 0 amide bonds. The molecule has 1 aliphatic heterocycles. The standard InChI is InChI=1S/C15H16ClN3O/c1-18-14(16)9-17-15(18)10-19-8-4-7-13(20)11-5-2-3-6-12(11)19/h2-3,5-6,9H,4,7-8,10H2,1H3. The summed E-state index contributed by atoms with van der Waals surface area (Å²) in [6, 6.07) is 7.79. The van der Waals surface area contributed by atoms with Crippen LogP contribution in [-0.2, 0) is 13.6 Å². The van der Waals surface area contributed by atoms with Gasteiger partial charge in [0.1, 0.15) is 11.0 Å². The van der Waals surface area contributed by atoms with E-state index in [4.69, 9.17) is 11.6 Å². The molecule has 1 aliphatic rings. The second kappa shape index (κ2) is 5.29. The van der Waals surface area contributed by atoms with Gasteiger partial charge in [0, 0.05) is 31.3 Å². The van der Waals surface area contributed by atoms with Crippen molar-refractivity contribution < 1.29 is 4.79 Å². The maximum atomic E-state index is 12.1. The van der Waals surface area contributed by atoms with Gasteiger partial charge in [0.2, 0.25) is 0 Å². The zero-order valence-corrected chi connectivity index (χ0v) is 12.1. The zero-order chi connectivity index (χ0) is 14.1. The van der Waals surface area contributed by atoms with Gasteiger partial charge in [0.05, 0.1) is 12.7 Å². The van der Waals surface area contributed by atoms with Crippen LogP contribution in [0.2, 0.25) is 5.15 Å². The SMILES string of the molecule is Cn1c(Cl)cnc1CN1CCCC(=O)c2ccccc21. The summed E-state index contributed by atoms with van der Waals surface area (Å²) in [6.45, 7) is 1.51. The number of benzene rings is 1. The highest BCUT2D eigenvalue weighted by atomic mass is 35.5. The highest BCUT2D eigenvalue weighted by Crippen LogP contribution is 2.27. The number of hydrogen-bond acceptors (Lipinski definition) is 3. The molecule has 20 heavy (non-hydrogen) atoms. The molecule has 0 saturated carbocycles. The number of carbonyl (C=O) groups excluding carboxylic acids is 1. The summed E-state index contributed by atoms with van der Waals surface area (Å²) in [5.74, 6) is 1.13. The second-order valence-electron chi connectivity index (χ2n) is 5.02. The fourth-order valence-electron chi connectivity index (χ4n) is 2.58. The maximum absolute atomic E-state index is 12.1. The van der Waals surface area contributed by atoms with Crippen molar-refractivity contribution in [2.75, 3.05) is 11.4 Å². The van der Waals surface area contributed by atoms with Gasteiger partial charge >= 0.3 is 0 Å². The Morgan fingerprint density at radius 3 is 2.90 bits per heavy atom. The van der Waals surface area contributed by atoms with E-state index in [1.165, 1.54) is 0 Å². The third kappa shape index (κ3) is 2.31. The first kappa shape index (κ1) is 13.2. The van der Waals surface area contributed by atoms with E-state index in [1.807, 2.05) is 35.9 Å². The third-order valence-electron chi connectivity index (χ3n) is 3.74. The Morgan fingerprint density at radius 1 is 1.35 bits per heavy atom. The molecule has 0 atom stereocenters. The lowest BCUT2D eigenvalue weighted by molar-refractivity contribution is 0.0984. The van der Waals surface area contributed by atoms with Crippen LogP contribution >= 0.6 is 11.6 Å². The number of halogens is 1. The molecule has 2 aromatic rings. The summed E-state index contributed by atoms with van der Waals surface area (Å²) in [7, 11) is 1.90. The summed E-state index contributed by atoms with van der Waals surface area (Å²) in [6.07, 6.45) is 3.13. The van der Waals surface area contributed by atoms with Crippen molar-refractivity contribution in [3.63, 3.8) is 0 Å². The van der Waals surface area contributed by atoms with Crippen LogP contribution in [0.5, 0.6) is 0 Å². The number of fused-ring (bicyclic) bond motifs is 1. The highest BCUT2D eigenvalue weighted by Gasteiger charge is 2.21. The average molecular weight is 290 g/mol. The maximum Gasteiger partial charge on any atom is 0.165 e. The summed E-state index contributed by atoms with van der Waals surface area (Å²) < 4.78 is 1.87. The van der Waals surface area contributed by atoms with E-state index in [9.17, 15) is 4.79 Å². The number of rotatable bonds is 2. The van der Waals surface area contributed by atoms with Crippen LogP contribution in [0.3, 0.4) is 0 Å². The molecule has 1 aromatic heterocycles. The lowest BCUT2D eigenvalue weighted by Gasteiger charge is -2.24. The van der Waals surface area contributed by atoms with Gasteiger partial charge in [0.25, 0.3) is 0 Å². The highest BCUT2D eigenvalue weighted by molar-refractivity contribution is 6.29. The summed E-state index contributed by atoms with van der Waals surface area (Å²) >= 11 is 6.03. The van der Waals surface area contributed by atoms with Crippen molar-refractivity contribution >= 4 is 23.1 Å². The van der Waals surface area contributed by atoms with Crippen LogP contribution < -0.4 is 4.90 Å². The zero-order valence-electron chi connectivity index (χ0n) is 11.3. The smallest absolute Gasteiger partial charge is 0.165 e. The molecule has 0 saturated heterocycles. The van der Waals surface area contributed by atoms with Crippen LogP contribution in [0.4, 0.5) is 5.69 Å². The van der Waals surface area contributed by atoms with E-state index in [1.54, 1.807) is 6.20 Å². The topological polar surface area (TPSA) is 38.1 Å². The van der Waals surface area contributed by atoms with Crippen LogP contribution in [0.1, 0.15) is 29.0 Å². The number of nitrogens with zero attached hydrogens (tertiary/aromatic N) is 3. The Kier molecular flexibility index (Phi) is 3.49. The molecule has 0 aliphatic carbocycles. The van der Waals surface area contributed by atoms with Gasteiger partial charge in [-0.3, -0.25) is 4.79 Å². The fourth-order valence-corrected chi connectivity index (χ4v) is 2.72. The lowest BCUT2D eigenvalue weighted by atomic mass is 10.1. The Hall–Kier alpha value is -1.81. The molecule has 0 bridgehead atoms. The van der Waals surface area contributed by atoms with E-state index in [2.05, 4.69) is 9.88 Å². The predicted octanol–water partition coefficient (Wildman–Crippen LogP) is 3.06. The van der Waals surface area contributed by atoms with Crippen LogP contribution in [0, 0.1) is 0 Å². The first-order chi connectivity index (χ1) is 9.66. The lowest BCUT2D eigenvalue weighted by Crippen LogP contribution is -2.25. The average Bonchev–Trinajstić information content (AvgIpc) is 2.69. The molecule has 1 aromatic carbocycles. The predicted molar refractivity (Wildman–Crippen MR) is 79.3 cm³/mol. The van der Waals surface area contributed by atoms with Crippen molar-refractivity contribution in [2.24, 2.45) is 7.05 Å². The van der Waals surface area contributed by atoms with E-state index >= 15 is 0 Å². The van der Waals surface area contributed by atoms with Gasteiger partial charge in [-0.1, -0.05) is 23.7 Å². The minimum absolute atomic E-state index is 0.223. The molecule has 0 N–H and O–H groups in total. The summed E-state index contributed by atoms with van der Waals surface area (Å²) in [4.78, 5) is 18.6. The molecular formula is C15H16ClN3O. The van der Waals surface area contributed by atoms with Gasteiger partial charge in [-0.25, -0.2) is 4.98 Å². The van der Waals surface area contributed by atoms with E-state index in [0.717, 1.165) is 30.0 Å². The van der Waals surface area contributed by atoms with Gasteiger partial charge in [-0.05, 0) is 18.6 Å². The van der Waals surface area contributed by atoms with Crippen LogP contribution in [0.15, 0.2) is 30.5 Å². The van der Waals surface area contributed by atoms with Crippen molar-refractivity contribution in [2.45, 2.75) is 19.4 Å². The normalized spacial score (nSPS) is 15.1. The number of imidazole rings is 1. The molecule has 3 rings (SSSR count). The quantitative estimate of drug-likeness (QED) is 0.853. The van der Waals surface area contributed by atoms with Crippen molar-refractivity contribution in [1.82, 2.24) is 9.55 Å². The monoisotopic (exact) mass is 289 g/mol. The first-order valence-electron chi connectivity index (χ1n) is 6.70. The molecule has 0 radical (unpaired) electrons. The Labute approximate surface area is 123 Å². The molecule has 5 heteroatoms. The van der Waals surface area contributed by atoms with E-state index in [0.29, 0.717) is 18.1 Å². The van der Waals surface area contributed by atoms with Gasteiger partial charge in [-0.2, -0.15) is 0 Å². The molecule has 2 heterocycles. The Balaban J connectivity index is 1.95. The van der Waals surface area contributed by atoms with Gasteiger partial charge in [-0.15, -0.1) is 0 Å². The number of ketones is 1. The van der Waals surface area contributed by atoms with Gasteiger partial charge in [0.15, 0.2) is 5.78 Å². The number of para-hydroxylation sites is 1. The summed E-state index contributed by atoms with van der Waals surface area (Å²) in [5, 5.41) is 0.624. The molecule has 0 fully saturated rings. The molecular weight excluding hydrogens is 274 g/mol. The molecule has 4 nitrogen and oxygen atoms in total. The number of carbonyl (C=O) groups is 1. The number of aromatic nitrogens is 2. The van der Waals surface area contributed by atoms with Crippen molar-refractivity contribution in [3.8, 4) is 0 Å². The van der Waals surface area contributed by atoms with Gasteiger partial charge < -0.3 is 9.47 Å². The minimum atomic E-state index is 0.223. The van der Waals surface area contributed by atoms with Crippen molar-refractivity contribution in [3.05, 3.63) is 47.0 Å². The third-order valence-corrected chi connectivity index (χ3v) is 4.09. The Morgan fingerprint density at radius 2 is 2.15 bits per heavy atom. The largest absolute Gasteiger partial charge is 0.363 e. The second-order valence-corrected chi connectivity index (χ2v) is 5.41. The Bertz CT molecular complexity index is 650. The molecule has 0 unspecified atom stereocenters. The number of hydrogen-bond donors (Lipinski definition) is 0. The van der Waals surface area contributed by atoms with Crippen LogP contribution in [-0.4, -0.2) is 21.9 Å². The number of anilines is 1.